The molecule has 0 aliphatic heterocycles. The predicted octanol–water partition coefficient (Wildman–Crippen LogP) is 0.920. The average molecular weight is 288 g/mol. The molecule has 0 saturated heterocycles. The molecule has 2 rings (SSSR count). The van der Waals surface area contributed by atoms with Gasteiger partial charge in [0.2, 0.25) is 0 Å². The van der Waals surface area contributed by atoms with E-state index in [1.54, 1.807) is 12.1 Å². The number of amides is 1. The molecule has 0 fully saturated rings. The van der Waals surface area contributed by atoms with E-state index in [-0.39, 0.29) is 28.4 Å². The van der Waals surface area contributed by atoms with Gasteiger partial charge in [-0.3, -0.25) is 10.2 Å². The fourth-order valence-electron chi connectivity index (χ4n) is 1.66. The minimum Gasteiger partial charge on any atom is -0.508 e. The number of esters is 1. The maximum atomic E-state index is 12.0. The van der Waals surface area contributed by atoms with Crippen molar-refractivity contribution in [2.75, 3.05) is 0 Å². The number of hydrogen-bond donors (Lipinski definition) is 4. The monoisotopic (exact) mass is 288 g/mol. The number of para-hydroxylation sites is 1. The van der Waals surface area contributed by atoms with Crippen LogP contribution in [0.5, 0.6) is 17.2 Å². The highest BCUT2D eigenvalue weighted by Gasteiger charge is 2.18. The Kier molecular flexibility index (Phi) is 4.05. The lowest BCUT2D eigenvalue weighted by Crippen LogP contribution is -2.30. The molecule has 0 aromatic heterocycles. The summed E-state index contributed by atoms with van der Waals surface area (Å²) in [7, 11) is 0. The van der Waals surface area contributed by atoms with Crippen molar-refractivity contribution in [1.29, 1.82) is 0 Å². The van der Waals surface area contributed by atoms with Crippen LogP contribution >= 0.6 is 0 Å². The number of carbonyl (C=O) groups is 2. The molecule has 7 heteroatoms. The van der Waals surface area contributed by atoms with E-state index in [1.165, 1.54) is 24.3 Å². The lowest BCUT2D eigenvalue weighted by atomic mass is 10.1. The summed E-state index contributed by atoms with van der Waals surface area (Å²) in [5, 5.41) is 19.0. The zero-order valence-corrected chi connectivity index (χ0v) is 10.7. The van der Waals surface area contributed by atoms with E-state index in [1.807, 2.05) is 5.43 Å². The molecule has 5 N–H and O–H groups in total. The number of ether oxygens (including phenoxy) is 1. The fourth-order valence-corrected chi connectivity index (χ4v) is 1.66. The van der Waals surface area contributed by atoms with Crippen LogP contribution in [0.4, 0.5) is 0 Å². The van der Waals surface area contributed by atoms with Gasteiger partial charge in [0, 0.05) is 6.07 Å². The van der Waals surface area contributed by atoms with Crippen molar-refractivity contribution < 1.29 is 24.5 Å². The van der Waals surface area contributed by atoms with Crippen molar-refractivity contribution in [3.05, 3.63) is 53.6 Å². The Morgan fingerprint density at radius 1 is 1.05 bits per heavy atom. The van der Waals surface area contributed by atoms with Gasteiger partial charge in [-0.1, -0.05) is 12.1 Å². The summed E-state index contributed by atoms with van der Waals surface area (Å²) >= 11 is 0. The number of nitrogens with one attached hydrogen (secondary N) is 1. The Morgan fingerprint density at radius 2 is 1.76 bits per heavy atom. The standard InChI is InChI=1S/C14H12N2O5/c15-16-13(19)10-6-5-8(17)7-12(10)21-14(20)9-3-1-2-4-11(9)18/h1-7,17-18H,15H2,(H,16,19). The van der Waals surface area contributed by atoms with Gasteiger partial charge in [0.15, 0.2) is 0 Å². The quantitative estimate of drug-likeness (QED) is 0.219. The third-order valence-electron chi connectivity index (χ3n) is 2.67. The Bertz CT molecular complexity index is 700. The van der Waals surface area contributed by atoms with Crippen LogP contribution in [0.3, 0.4) is 0 Å². The molecule has 0 unspecified atom stereocenters. The van der Waals surface area contributed by atoms with Crippen molar-refractivity contribution in [2.45, 2.75) is 0 Å². The van der Waals surface area contributed by atoms with Crippen molar-refractivity contribution >= 4 is 11.9 Å². The predicted molar refractivity (Wildman–Crippen MR) is 72.8 cm³/mol. The molecule has 0 radical (unpaired) electrons. The second-order valence-corrected chi connectivity index (χ2v) is 4.06. The highest BCUT2D eigenvalue weighted by molar-refractivity contribution is 5.99. The largest absolute Gasteiger partial charge is 0.508 e. The maximum absolute atomic E-state index is 12.0. The van der Waals surface area contributed by atoms with Crippen LogP contribution in [-0.4, -0.2) is 22.1 Å². The molecule has 0 aliphatic rings. The molecule has 21 heavy (non-hydrogen) atoms. The van der Waals surface area contributed by atoms with Gasteiger partial charge < -0.3 is 14.9 Å². The van der Waals surface area contributed by atoms with Crippen LogP contribution in [0, 0.1) is 0 Å². The third-order valence-corrected chi connectivity index (χ3v) is 2.67. The van der Waals surface area contributed by atoms with Gasteiger partial charge >= 0.3 is 5.97 Å². The lowest BCUT2D eigenvalue weighted by molar-refractivity contribution is 0.0729. The third kappa shape index (κ3) is 3.10. The maximum Gasteiger partial charge on any atom is 0.347 e. The Balaban J connectivity index is 2.35. The molecule has 0 spiro atoms. The molecule has 108 valence electrons. The number of nitrogens with two attached hydrogens (primary N) is 1. The molecule has 2 aromatic carbocycles. The fraction of sp³-hybridized carbons (Fsp3) is 0. The summed E-state index contributed by atoms with van der Waals surface area (Å²) in [6.07, 6.45) is 0. The first-order valence-electron chi connectivity index (χ1n) is 5.87. The molecule has 0 saturated carbocycles. The second kappa shape index (κ2) is 5.93. The number of phenolic OH excluding ortho intramolecular Hbond substituents is 2. The summed E-state index contributed by atoms with van der Waals surface area (Å²) in [4.78, 5) is 23.6. The van der Waals surface area contributed by atoms with Crippen molar-refractivity contribution in [3.63, 3.8) is 0 Å². The van der Waals surface area contributed by atoms with E-state index >= 15 is 0 Å². The van der Waals surface area contributed by atoms with Crippen LogP contribution in [0.1, 0.15) is 20.7 Å². The molecular weight excluding hydrogens is 276 g/mol. The first kappa shape index (κ1) is 14.4. The van der Waals surface area contributed by atoms with E-state index in [0.717, 1.165) is 6.07 Å². The van der Waals surface area contributed by atoms with E-state index in [2.05, 4.69) is 0 Å². The summed E-state index contributed by atoms with van der Waals surface area (Å²) in [6.45, 7) is 0. The minimum atomic E-state index is -0.871. The second-order valence-electron chi connectivity index (χ2n) is 4.06. The summed E-state index contributed by atoms with van der Waals surface area (Å²) < 4.78 is 5.04. The first-order valence-corrected chi connectivity index (χ1v) is 5.87. The van der Waals surface area contributed by atoms with E-state index < -0.39 is 11.9 Å². The number of carbonyl (C=O) groups excluding carboxylic acids is 2. The number of phenols is 2. The van der Waals surface area contributed by atoms with Gasteiger partial charge in [-0.25, -0.2) is 10.6 Å². The van der Waals surface area contributed by atoms with E-state index in [4.69, 9.17) is 10.6 Å². The molecule has 1 amide bonds. The highest BCUT2D eigenvalue weighted by Crippen LogP contribution is 2.26. The number of benzene rings is 2. The van der Waals surface area contributed by atoms with Gasteiger partial charge in [-0.05, 0) is 24.3 Å². The zero-order chi connectivity index (χ0) is 15.4. The van der Waals surface area contributed by atoms with Gasteiger partial charge in [0.05, 0.1) is 5.56 Å². The number of nitrogen functional groups attached to an aromatic ring is 1. The molecule has 0 atom stereocenters. The number of hydrazine groups is 1. The van der Waals surface area contributed by atoms with Crippen molar-refractivity contribution in [1.82, 2.24) is 5.43 Å². The SMILES string of the molecule is NNC(=O)c1ccc(O)cc1OC(=O)c1ccccc1O. The first-order chi connectivity index (χ1) is 10.0. The molecular formula is C14H12N2O5. The van der Waals surface area contributed by atoms with Gasteiger partial charge in [-0.15, -0.1) is 0 Å². The smallest absolute Gasteiger partial charge is 0.347 e. The normalized spacial score (nSPS) is 9.95. The average Bonchev–Trinajstić information content (AvgIpc) is 2.47. The molecule has 0 bridgehead atoms. The van der Waals surface area contributed by atoms with Crippen molar-refractivity contribution in [2.24, 2.45) is 5.84 Å². The topological polar surface area (TPSA) is 122 Å². The lowest BCUT2D eigenvalue weighted by Gasteiger charge is -2.10. The number of hydrogen-bond acceptors (Lipinski definition) is 6. The Labute approximate surface area is 119 Å². The summed E-state index contributed by atoms with van der Waals surface area (Å²) in [5.41, 5.74) is 1.81. The molecule has 7 nitrogen and oxygen atoms in total. The molecule has 0 aliphatic carbocycles. The van der Waals surface area contributed by atoms with E-state index in [9.17, 15) is 19.8 Å². The summed E-state index contributed by atoms with van der Waals surface area (Å²) in [5.74, 6) is 2.86. The molecule has 0 heterocycles. The van der Waals surface area contributed by atoms with Crippen LogP contribution in [0.25, 0.3) is 0 Å². The van der Waals surface area contributed by atoms with Crippen molar-refractivity contribution in [3.8, 4) is 17.2 Å². The number of rotatable bonds is 3. The van der Waals surface area contributed by atoms with E-state index in [0.29, 0.717) is 0 Å². The minimum absolute atomic E-state index is 0.0286. The molecule has 2 aromatic rings. The van der Waals surface area contributed by atoms with Crippen LogP contribution in [-0.2, 0) is 0 Å². The van der Waals surface area contributed by atoms with Gasteiger partial charge in [-0.2, -0.15) is 0 Å². The highest BCUT2D eigenvalue weighted by atomic mass is 16.5. The Hall–Kier alpha value is -3.06. The van der Waals surface area contributed by atoms with Gasteiger partial charge in [0.25, 0.3) is 5.91 Å². The number of aromatic hydroxyl groups is 2. The Morgan fingerprint density at radius 3 is 2.43 bits per heavy atom. The van der Waals surface area contributed by atoms with Crippen LogP contribution in [0.15, 0.2) is 42.5 Å². The summed E-state index contributed by atoms with van der Waals surface area (Å²) in [6, 6.07) is 9.39. The zero-order valence-electron chi connectivity index (χ0n) is 10.7. The van der Waals surface area contributed by atoms with Crippen LogP contribution < -0.4 is 16.0 Å². The van der Waals surface area contributed by atoms with Crippen LogP contribution in [0.2, 0.25) is 0 Å². The van der Waals surface area contributed by atoms with Gasteiger partial charge in [0.1, 0.15) is 22.8 Å².